The lowest BCUT2D eigenvalue weighted by atomic mass is 9.95. The predicted octanol–water partition coefficient (Wildman–Crippen LogP) is 4.27. The highest BCUT2D eigenvalue weighted by molar-refractivity contribution is 6.33. The second-order valence-corrected chi connectivity index (χ2v) is 8.67. The molecule has 0 aliphatic carbocycles. The predicted molar refractivity (Wildman–Crippen MR) is 121 cm³/mol. The fourth-order valence-electron chi connectivity index (χ4n) is 4.03. The van der Waals surface area contributed by atoms with Crippen LogP contribution in [0.2, 0.25) is 5.02 Å². The highest BCUT2D eigenvalue weighted by atomic mass is 35.5. The van der Waals surface area contributed by atoms with Gasteiger partial charge in [0.05, 0.1) is 5.02 Å². The molecular weight excluding hydrogens is 419 g/mol. The van der Waals surface area contributed by atoms with Gasteiger partial charge in [-0.25, -0.2) is 9.37 Å². The van der Waals surface area contributed by atoms with E-state index in [-0.39, 0.29) is 18.8 Å². The number of hydrogen-bond donors (Lipinski definition) is 3. The summed E-state index contributed by atoms with van der Waals surface area (Å²) in [6.45, 7) is 3.28. The lowest BCUT2D eigenvalue weighted by molar-refractivity contribution is -0.128. The van der Waals surface area contributed by atoms with Crippen LogP contribution in [0, 0.1) is 5.92 Å². The van der Waals surface area contributed by atoms with Crippen molar-refractivity contribution >= 4 is 29.0 Å². The van der Waals surface area contributed by atoms with Crippen molar-refractivity contribution in [3.05, 3.63) is 41.6 Å². The molecule has 2 aromatic rings. The number of ether oxygens (including phenoxy) is 1. The number of nitrogens with zero attached hydrogens (tertiary/aromatic N) is 1. The van der Waals surface area contributed by atoms with Crippen LogP contribution in [0.15, 0.2) is 36.5 Å². The topological polar surface area (TPSA) is 75.3 Å². The number of amides is 1. The van der Waals surface area contributed by atoms with Crippen molar-refractivity contribution in [2.45, 2.75) is 31.4 Å². The van der Waals surface area contributed by atoms with Gasteiger partial charge in [-0.2, -0.15) is 0 Å². The Bertz CT molecular complexity index is 914. The number of aromatic nitrogens is 1. The number of anilines is 2. The van der Waals surface area contributed by atoms with Crippen LogP contribution in [0.4, 0.5) is 15.9 Å². The number of piperidine rings is 1. The SMILES string of the molecule is O=C(Nc1cc(-c2cccc(NCC3CCOCC3)c2)c(Cl)cn1)[C@]1(F)CCCNC1. The monoisotopic (exact) mass is 446 g/mol. The third-order valence-electron chi connectivity index (χ3n) is 5.94. The summed E-state index contributed by atoms with van der Waals surface area (Å²) >= 11 is 6.40. The van der Waals surface area contributed by atoms with Gasteiger partial charge in [0.25, 0.3) is 5.91 Å². The van der Waals surface area contributed by atoms with E-state index < -0.39 is 11.6 Å². The van der Waals surface area contributed by atoms with Crippen LogP contribution in [0.25, 0.3) is 11.1 Å². The van der Waals surface area contributed by atoms with Crippen LogP contribution in [0.3, 0.4) is 0 Å². The minimum absolute atomic E-state index is 0.0140. The molecule has 2 aliphatic heterocycles. The fraction of sp³-hybridized carbons (Fsp3) is 0.478. The first kappa shape index (κ1) is 22.0. The Balaban J connectivity index is 1.47. The van der Waals surface area contributed by atoms with Crippen LogP contribution in [0.1, 0.15) is 25.7 Å². The van der Waals surface area contributed by atoms with Crippen molar-refractivity contribution in [3.8, 4) is 11.1 Å². The number of carbonyl (C=O) groups excluding carboxylic acids is 1. The molecule has 2 fully saturated rings. The number of hydrogen-bond acceptors (Lipinski definition) is 5. The minimum atomic E-state index is -1.92. The highest BCUT2D eigenvalue weighted by Gasteiger charge is 2.40. The number of carbonyl (C=O) groups is 1. The molecule has 166 valence electrons. The molecule has 31 heavy (non-hydrogen) atoms. The van der Waals surface area contributed by atoms with E-state index in [1.54, 1.807) is 6.07 Å². The summed E-state index contributed by atoms with van der Waals surface area (Å²) in [6.07, 6.45) is 4.44. The molecule has 1 aromatic heterocycles. The molecule has 1 atom stereocenters. The van der Waals surface area contributed by atoms with E-state index >= 15 is 0 Å². The second kappa shape index (κ2) is 9.94. The first-order valence-corrected chi connectivity index (χ1v) is 11.2. The fourth-order valence-corrected chi connectivity index (χ4v) is 4.24. The third-order valence-corrected chi connectivity index (χ3v) is 6.25. The lowest BCUT2D eigenvalue weighted by Gasteiger charge is -2.28. The number of benzene rings is 1. The van der Waals surface area contributed by atoms with Crippen molar-refractivity contribution in [2.75, 3.05) is 43.5 Å². The standard InChI is InChI=1S/C23H28ClFN4O2/c24-20-14-28-21(29-22(30)23(25)7-2-8-26-15-23)12-19(20)17-3-1-4-18(11-17)27-13-16-5-9-31-10-6-16/h1,3-4,11-12,14,16,26-27H,2,5-10,13,15H2,(H,28,29,30)/t23-/m0/s1. The smallest absolute Gasteiger partial charge is 0.264 e. The van der Waals surface area contributed by atoms with Gasteiger partial charge in [-0.1, -0.05) is 23.7 Å². The zero-order valence-electron chi connectivity index (χ0n) is 17.4. The molecule has 0 unspecified atom stereocenters. The van der Waals surface area contributed by atoms with Gasteiger partial charge in [0.1, 0.15) is 5.82 Å². The molecule has 0 bridgehead atoms. The van der Waals surface area contributed by atoms with Gasteiger partial charge in [-0.15, -0.1) is 0 Å². The first-order chi connectivity index (χ1) is 15.0. The number of nitrogens with one attached hydrogen (secondary N) is 3. The molecule has 4 rings (SSSR count). The van der Waals surface area contributed by atoms with Gasteiger partial charge in [0.2, 0.25) is 5.67 Å². The molecule has 3 N–H and O–H groups in total. The number of pyridine rings is 1. The van der Waals surface area contributed by atoms with E-state index in [1.165, 1.54) is 6.20 Å². The van der Waals surface area contributed by atoms with Gasteiger partial charge in [-0.3, -0.25) is 4.79 Å². The zero-order valence-corrected chi connectivity index (χ0v) is 18.2. The molecule has 1 aromatic carbocycles. The van der Waals surface area contributed by atoms with Gasteiger partial charge in [0.15, 0.2) is 0 Å². The van der Waals surface area contributed by atoms with Gasteiger partial charge in [-0.05, 0) is 61.9 Å². The van der Waals surface area contributed by atoms with Crippen LogP contribution < -0.4 is 16.0 Å². The molecule has 3 heterocycles. The van der Waals surface area contributed by atoms with Crippen molar-refractivity contribution < 1.29 is 13.9 Å². The van der Waals surface area contributed by atoms with Gasteiger partial charge >= 0.3 is 0 Å². The van der Waals surface area contributed by atoms with E-state index in [2.05, 4.69) is 20.9 Å². The zero-order chi connectivity index (χ0) is 21.7. The van der Waals surface area contributed by atoms with E-state index in [4.69, 9.17) is 16.3 Å². The Morgan fingerprint density at radius 1 is 1.32 bits per heavy atom. The summed E-state index contributed by atoms with van der Waals surface area (Å²) < 4.78 is 20.3. The van der Waals surface area contributed by atoms with E-state index in [9.17, 15) is 9.18 Å². The van der Waals surface area contributed by atoms with Gasteiger partial charge < -0.3 is 20.7 Å². The summed E-state index contributed by atoms with van der Waals surface area (Å²) in [4.78, 5) is 16.7. The Hall–Kier alpha value is -2.22. The van der Waals surface area contributed by atoms with Crippen LogP contribution in [0.5, 0.6) is 0 Å². The molecule has 8 heteroatoms. The first-order valence-electron chi connectivity index (χ1n) is 10.8. The molecular formula is C23H28ClFN4O2. The number of halogens is 2. The molecule has 0 saturated carbocycles. The Morgan fingerprint density at radius 3 is 2.94 bits per heavy atom. The molecule has 2 saturated heterocycles. The maximum atomic E-state index is 14.9. The van der Waals surface area contributed by atoms with Crippen molar-refractivity contribution in [1.82, 2.24) is 10.3 Å². The summed E-state index contributed by atoms with van der Waals surface area (Å²) in [6, 6.07) is 9.64. The molecule has 6 nitrogen and oxygen atoms in total. The largest absolute Gasteiger partial charge is 0.385 e. The maximum absolute atomic E-state index is 14.9. The summed E-state index contributed by atoms with van der Waals surface area (Å²) in [7, 11) is 0. The average molecular weight is 447 g/mol. The van der Waals surface area contributed by atoms with Crippen molar-refractivity contribution in [1.29, 1.82) is 0 Å². The second-order valence-electron chi connectivity index (χ2n) is 8.27. The molecule has 0 spiro atoms. The van der Waals surface area contributed by atoms with Gasteiger partial charge in [0, 0.05) is 43.8 Å². The number of rotatable bonds is 6. The number of alkyl halides is 1. The Labute approximate surface area is 186 Å². The normalized spacial score (nSPS) is 22.1. The quantitative estimate of drug-likeness (QED) is 0.617. The highest BCUT2D eigenvalue weighted by Crippen LogP contribution is 2.32. The Kier molecular flexibility index (Phi) is 7.05. The third kappa shape index (κ3) is 5.53. The van der Waals surface area contributed by atoms with Crippen molar-refractivity contribution in [3.63, 3.8) is 0 Å². The van der Waals surface area contributed by atoms with Crippen LogP contribution in [-0.2, 0) is 9.53 Å². The summed E-state index contributed by atoms with van der Waals surface area (Å²) in [5, 5.41) is 9.52. The maximum Gasteiger partial charge on any atom is 0.264 e. The van der Waals surface area contributed by atoms with E-state index in [0.29, 0.717) is 17.4 Å². The summed E-state index contributed by atoms with van der Waals surface area (Å²) in [5.41, 5.74) is 0.706. The van der Waals surface area contributed by atoms with Crippen LogP contribution >= 0.6 is 11.6 Å². The molecule has 1 amide bonds. The average Bonchev–Trinajstić information content (AvgIpc) is 2.80. The molecule has 0 radical (unpaired) electrons. The van der Waals surface area contributed by atoms with E-state index in [0.717, 1.165) is 56.0 Å². The van der Waals surface area contributed by atoms with Crippen LogP contribution in [-0.4, -0.2) is 49.4 Å². The molecule has 2 aliphatic rings. The summed E-state index contributed by atoms with van der Waals surface area (Å²) in [5.74, 6) is 0.214. The van der Waals surface area contributed by atoms with E-state index in [1.807, 2.05) is 24.3 Å². The lowest BCUT2D eigenvalue weighted by Crippen LogP contribution is -2.50. The minimum Gasteiger partial charge on any atom is -0.385 e. The Morgan fingerprint density at radius 2 is 2.16 bits per heavy atom. The van der Waals surface area contributed by atoms with Crippen molar-refractivity contribution in [2.24, 2.45) is 5.92 Å².